The molecule has 1 N–H and O–H groups in total. The molecular formula is C17H26FN3. The number of benzene rings is 1. The van der Waals surface area contributed by atoms with E-state index in [-0.39, 0.29) is 5.82 Å². The van der Waals surface area contributed by atoms with Crippen LogP contribution in [0.15, 0.2) is 24.3 Å². The van der Waals surface area contributed by atoms with Crippen LogP contribution in [0.25, 0.3) is 0 Å². The standard InChI is InChI=1S/C17H26FN3/c18-16-6-1-2-7-17(16)21-13-11-20(12-14-21)10-8-15-5-3-4-9-19-15/h1-2,6-7,15,19H,3-5,8-14H2. The molecule has 2 heterocycles. The minimum absolute atomic E-state index is 0.0997. The van der Waals surface area contributed by atoms with Crippen LogP contribution in [0.4, 0.5) is 10.1 Å². The second-order valence-electron chi connectivity index (χ2n) is 6.22. The van der Waals surface area contributed by atoms with Crippen LogP contribution < -0.4 is 10.2 Å². The van der Waals surface area contributed by atoms with Crippen LogP contribution >= 0.6 is 0 Å². The average molecular weight is 291 g/mol. The number of rotatable bonds is 4. The van der Waals surface area contributed by atoms with Gasteiger partial charge in [0.15, 0.2) is 0 Å². The molecule has 2 aliphatic heterocycles. The van der Waals surface area contributed by atoms with Crippen LogP contribution in [0.1, 0.15) is 25.7 Å². The molecule has 0 saturated carbocycles. The van der Waals surface area contributed by atoms with Gasteiger partial charge in [-0.2, -0.15) is 0 Å². The van der Waals surface area contributed by atoms with E-state index in [0.29, 0.717) is 6.04 Å². The van der Waals surface area contributed by atoms with Crippen molar-refractivity contribution in [3.63, 3.8) is 0 Å². The Morgan fingerprint density at radius 1 is 1.10 bits per heavy atom. The lowest BCUT2D eigenvalue weighted by Gasteiger charge is -2.37. The Labute approximate surface area is 127 Å². The first-order valence-electron chi connectivity index (χ1n) is 8.28. The zero-order chi connectivity index (χ0) is 14.5. The van der Waals surface area contributed by atoms with E-state index in [9.17, 15) is 4.39 Å². The fraction of sp³-hybridized carbons (Fsp3) is 0.647. The summed E-state index contributed by atoms with van der Waals surface area (Å²) < 4.78 is 13.8. The highest BCUT2D eigenvalue weighted by atomic mass is 19.1. The highest BCUT2D eigenvalue weighted by Gasteiger charge is 2.20. The fourth-order valence-electron chi connectivity index (χ4n) is 3.43. The van der Waals surface area contributed by atoms with Crippen molar-refractivity contribution in [3.05, 3.63) is 30.1 Å². The van der Waals surface area contributed by atoms with E-state index < -0.39 is 0 Å². The molecule has 21 heavy (non-hydrogen) atoms. The van der Waals surface area contributed by atoms with E-state index in [1.807, 2.05) is 12.1 Å². The summed E-state index contributed by atoms with van der Waals surface area (Å²) in [7, 11) is 0. The van der Waals surface area contributed by atoms with Crippen LogP contribution in [-0.2, 0) is 0 Å². The van der Waals surface area contributed by atoms with Crippen LogP contribution in [0.3, 0.4) is 0 Å². The van der Waals surface area contributed by atoms with E-state index in [0.717, 1.165) is 31.9 Å². The number of piperidine rings is 1. The summed E-state index contributed by atoms with van der Waals surface area (Å²) in [6, 6.07) is 7.82. The maximum absolute atomic E-state index is 13.8. The molecule has 1 atom stereocenters. The molecule has 1 aromatic carbocycles. The fourth-order valence-corrected chi connectivity index (χ4v) is 3.43. The van der Waals surface area contributed by atoms with E-state index in [1.165, 1.54) is 38.8 Å². The summed E-state index contributed by atoms with van der Waals surface area (Å²) in [5, 5.41) is 3.61. The van der Waals surface area contributed by atoms with Crippen LogP contribution in [0, 0.1) is 5.82 Å². The summed E-state index contributed by atoms with van der Waals surface area (Å²) in [6.45, 7) is 6.30. The van der Waals surface area contributed by atoms with E-state index >= 15 is 0 Å². The topological polar surface area (TPSA) is 18.5 Å². The largest absolute Gasteiger partial charge is 0.367 e. The van der Waals surface area contributed by atoms with Gasteiger partial charge in [0.25, 0.3) is 0 Å². The van der Waals surface area contributed by atoms with E-state index in [4.69, 9.17) is 0 Å². The number of hydrogen-bond acceptors (Lipinski definition) is 3. The molecule has 2 fully saturated rings. The van der Waals surface area contributed by atoms with Crippen LogP contribution in [0.5, 0.6) is 0 Å². The van der Waals surface area contributed by atoms with Crippen molar-refractivity contribution in [1.29, 1.82) is 0 Å². The first kappa shape index (κ1) is 14.8. The zero-order valence-electron chi connectivity index (χ0n) is 12.7. The number of anilines is 1. The number of para-hydroxylation sites is 1. The first-order chi connectivity index (χ1) is 10.3. The van der Waals surface area contributed by atoms with Crippen LogP contribution in [-0.4, -0.2) is 50.2 Å². The lowest BCUT2D eigenvalue weighted by molar-refractivity contribution is 0.234. The summed E-state index contributed by atoms with van der Waals surface area (Å²) in [5.41, 5.74) is 0.756. The molecule has 1 unspecified atom stereocenters. The average Bonchev–Trinajstić information content (AvgIpc) is 2.55. The monoisotopic (exact) mass is 291 g/mol. The van der Waals surface area contributed by atoms with Gasteiger partial charge in [-0.15, -0.1) is 0 Å². The molecule has 2 saturated heterocycles. The first-order valence-corrected chi connectivity index (χ1v) is 8.28. The van der Waals surface area contributed by atoms with Crippen molar-refractivity contribution in [1.82, 2.24) is 10.2 Å². The minimum atomic E-state index is -0.0997. The smallest absolute Gasteiger partial charge is 0.146 e. The van der Waals surface area contributed by atoms with Crippen molar-refractivity contribution in [2.24, 2.45) is 0 Å². The molecule has 1 aromatic rings. The third kappa shape index (κ3) is 3.95. The summed E-state index contributed by atoms with van der Waals surface area (Å²) in [4.78, 5) is 4.69. The van der Waals surface area contributed by atoms with Gasteiger partial charge in [0, 0.05) is 32.2 Å². The summed E-state index contributed by atoms with van der Waals surface area (Å²) in [6.07, 6.45) is 5.28. The van der Waals surface area contributed by atoms with Crippen molar-refractivity contribution in [2.75, 3.05) is 44.2 Å². The zero-order valence-corrected chi connectivity index (χ0v) is 12.7. The predicted molar refractivity (Wildman–Crippen MR) is 85.3 cm³/mol. The lowest BCUT2D eigenvalue weighted by Crippen LogP contribution is -2.48. The SMILES string of the molecule is Fc1ccccc1N1CCN(CCC2CCCCN2)CC1. The lowest BCUT2D eigenvalue weighted by atomic mass is 10.0. The third-order valence-electron chi connectivity index (χ3n) is 4.77. The normalized spacial score (nSPS) is 24.2. The van der Waals surface area contributed by atoms with Gasteiger partial charge in [-0.3, -0.25) is 4.90 Å². The van der Waals surface area contributed by atoms with E-state index in [2.05, 4.69) is 15.1 Å². The maximum Gasteiger partial charge on any atom is 0.146 e. The molecule has 4 heteroatoms. The predicted octanol–water partition coefficient (Wildman–Crippen LogP) is 2.48. The number of nitrogens with one attached hydrogen (secondary N) is 1. The minimum Gasteiger partial charge on any atom is -0.367 e. The van der Waals surface area contributed by atoms with Gasteiger partial charge in [0.1, 0.15) is 5.82 Å². The molecule has 0 aromatic heterocycles. The molecule has 2 aliphatic rings. The van der Waals surface area contributed by atoms with Gasteiger partial charge < -0.3 is 10.2 Å². The Morgan fingerprint density at radius 2 is 1.90 bits per heavy atom. The van der Waals surface area contributed by atoms with Crippen LogP contribution in [0.2, 0.25) is 0 Å². The molecule has 0 bridgehead atoms. The second kappa shape index (κ2) is 7.23. The highest BCUT2D eigenvalue weighted by Crippen LogP contribution is 2.20. The number of halogens is 1. The Balaban J connectivity index is 1.43. The van der Waals surface area contributed by atoms with Gasteiger partial charge in [0.2, 0.25) is 0 Å². The molecule has 116 valence electrons. The Bertz CT molecular complexity index is 437. The Hall–Kier alpha value is -1.13. The highest BCUT2D eigenvalue weighted by molar-refractivity contribution is 5.47. The quantitative estimate of drug-likeness (QED) is 0.919. The van der Waals surface area contributed by atoms with Crippen molar-refractivity contribution < 1.29 is 4.39 Å². The number of hydrogen-bond donors (Lipinski definition) is 1. The molecule has 3 rings (SSSR count). The molecule has 0 amide bonds. The van der Waals surface area contributed by atoms with Crippen molar-refractivity contribution >= 4 is 5.69 Å². The van der Waals surface area contributed by atoms with Gasteiger partial charge in [0.05, 0.1) is 5.69 Å². The maximum atomic E-state index is 13.8. The van der Waals surface area contributed by atoms with Gasteiger partial charge >= 0.3 is 0 Å². The van der Waals surface area contributed by atoms with Crippen molar-refractivity contribution in [2.45, 2.75) is 31.7 Å². The Kier molecular flexibility index (Phi) is 5.09. The summed E-state index contributed by atoms with van der Waals surface area (Å²) >= 11 is 0. The number of piperazine rings is 1. The van der Waals surface area contributed by atoms with Gasteiger partial charge in [-0.25, -0.2) is 4.39 Å². The molecule has 0 aliphatic carbocycles. The Morgan fingerprint density at radius 3 is 2.62 bits per heavy atom. The number of nitrogens with zero attached hydrogens (tertiary/aromatic N) is 2. The van der Waals surface area contributed by atoms with Gasteiger partial charge in [-0.1, -0.05) is 18.6 Å². The van der Waals surface area contributed by atoms with Gasteiger partial charge in [-0.05, 0) is 44.5 Å². The molecule has 0 radical (unpaired) electrons. The second-order valence-corrected chi connectivity index (χ2v) is 6.22. The van der Waals surface area contributed by atoms with E-state index in [1.54, 1.807) is 12.1 Å². The third-order valence-corrected chi connectivity index (χ3v) is 4.77. The molecule has 3 nitrogen and oxygen atoms in total. The molecular weight excluding hydrogens is 265 g/mol. The van der Waals surface area contributed by atoms with Crippen molar-refractivity contribution in [3.8, 4) is 0 Å². The molecule has 0 spiro atoms. The summed E-state index contributed by atoms with van der Waals surface area (Å²) in [5.74, 6) is -0.0997.